The molecule has 0 aliphatic rings. The molecule has 27 heavy (non-hydrogen) atoms. The summed E-state index contributed by atoms with van der Waals surface area (Å²) in [7, 11) is 1.62. The van der Waals surface area contributed by atoms with Gasteiger partial charge in [-0.15, -0.1) is 10.2 Å². The minimum atomic E-state index is -0.287. The molecular weight excluding hydrogens is 364 g/mol. The van der Waals surface area contributed by atoms with Crippen LogP contribution >= 0.6 is 11.8 Å². The van der Waals surface area contributed by atoms with Crippen LogP contribution in [0.1, 0.15) is 13.8 Å². The molecule has 7 nitrogen and oxygen atoms in total. The second kappa shape index (κ2) is 8.68. The maximum absolute atomic E-state index is 11.9. The van der Waals surface area contributed by atoms with Gasteiger partial charge in [-0.05, 0) is 50.2 Å². The fraction of sp³-hybridized carbons (Fsp3) is 0.263. The summed E-state index contributed by atoms with van der Waals surface area (Å²) in [6.45, 7) is 3.65. The van der Waals surface area contributed by atoms with Crippen LogP contribution in [0, 0.1) is 0 Å². The predicted octanol–water partition coefficient (Wildman–Crippen LogP) is 3.38. The van der Waals surface area contributed by atoms with Gasteiger partial charge < -0.3 is 9.47 Å². The molecular formula is C19H20N4O3S. The van der Waals surface area contributed by atoms with Crippen LogP contribution < -0.4 is 4.74 Å². The zero-order valence-electron chi connectivity index (χ0n) is 15.3. The van der Waals surface area contributed by atoms with Crippen molar-refractivity contribution < 1.29 is 14.3 Å². The van der Waals surface area contributed by atoms with E-state index in [2.05, 4.69) is 15.2 Å². The topological polar surface area (TPSA) is 79.1 Å². The zero-order valence-corrected chi connectivity index (χ0v) is 16.1. The van der Waals surface area contributed by atoms with Crippen molar-refractivity contribution in [1.82, 2.24) is 19.7 Å². The lowest BCUT2D eigenvalue weighted by Crippen LogP contribution is -2.13. The monoisotopic (exact) mass is 384 g/mol. The molecule has 0 radical (unpaired) electrons. The Morgan fingerprint density at radius 1 is 1.11 bits per heavy atom. The molecule has 2 aromatic heterocycles. The normalized spacial score (nSPS) is 10.8. The van der Waals surface area contributed by atoms with Gasteiger partial charge >= 0.3 is 5.97 Å². The molecule has 0 spiro atoms. The first kappa shape index (κ1) is 18.9. The van der Waals surface area contributed by atoms with Crippen molar-refractivity contribution in [3.63, 3.8) is 0 Å². The third kappa shape index (κ3) is 4.65. The number of pyridine rings is 1. The maximum atomic E-state index is 11.9. The highest BCUT2D eigenvalue weighted by atomic mass is 32.2. The van der Waals surface area contributed by atoms with E-state index in [4.69, 9.17) is 9.47 Å². The first-order valence-electron chi connectivity index (χ1n) is 8.41. The van der Waals surface area contributed by atoms with Gasteiger partial charge in [0.1, 0.15) is 5.75 Å². The second-order valence-electron chi connectivity index (χ2n) is 5.90. The molecule has 0 aliphatic heterocycles. The number of carbonyl (C=O) groups excluding carboxylic acids is 1. The van der Waals surface area contributed by atoms with E-state index in [0.29, 0.717) is 11.0 Å². The average molecular weight is 384 g/mol. The Balaban J connectivity index is 1.95. The van der Waals surface area contributed by atoms with Gasteiger partial charge in [0.2, 0.25) is 0 Å². The number of thioether (sulfide) groups is 1. The quantitative estimate of drug-likeness (QED) is 0.456. The molecule has 0 N–H and O–H groups in total. The smallest absolute Gasteiger partial charge is 0.316 e. The van der Waals surface area contributed by atoms with Crippen LogP contribution in [0.3, 0.4) is 0 Å². The molecule has 3 rings (SSSR count). The first-order chi connectivity index (χ1) is 13.1. The molecule has 0 saturated heterocycles. The van der Waals surface area contributed by atoms with Gasteiger partial charge in [-0.2, -0.15) is 0 Å². The summed E-state index contributed by atoms with van der Waals surface area (Å²) in [5.41, 5.74) is 1.75. The highest BCUT2D eigenvalue weighted by Gasteiger charge is 2.18. The fourth-order valence-corrected chi connectivity index (χ4v) is 3.17. The third-order valence-corrected chi connectivity index (χ3v) is 4.49. The van der Waals surface area contributed by atoms with Crippen LogP contribution in [0.5, 0.6) is 5.75 Å². The van der Waals surface area contributed by atoms with E-state index in [-0.39, 0.29) is 17.8 Å². The van der Waals surface area contributed by atoms with Gasteiger partial charge in [-0.3, -0.25) is 14.3 Å². The van der Waals surface area contributed by atoms with Crippen molar-refractivity contribution in [3.05, 3.63) is 48.8 Å². The van der Waals surface area contributed by atoms with Crippen molar-refractivity contribution in [2.24, 2.45) is 0 Å². The lowest BCUT2D eigenvalue weighted by molar-refractivity contribution is -0.144. The number of esters is 1. The highest BCUT2D eigenvalue weighted by molar-refractivity contribution is 7.99. The van der Waals surface area contributed by atoms with Crippen molar-refractivity contribution in [2.45, 2.75) is 25.1 Å². The Morgan fingerprint density at radius 2 is 1.81 bits per heavy atom. The van der Waals surface area contributed by atoms with Gasteiger partial charge in [0.05, 0.1) is 19.0 Å². The Kier molecular flexibility index (Phi) is 6.08. The largest absolute Gasteiger partial charge is 0.497 e. The number of benzene rings is 1. The van der Waals surface area contributed by atoms with E-state index in [1.165, 1.54) is 11.8 Å². The van der Waals surface area contributed by atoms with Crippen LogP contribution in [-0.2, 0) is 9.53 Å². The summed E-state index contributed by atoms with van der Waals surface area (Å²) in [5, 5.41) is 9.21. The van der Waals surface area contributed by atoms with Gasteiger partial charge in [0.25, 0.3) is 0 Å². The van der Waals surface area contributed by atoms with Crippen molar-refractivity contribution in [1.29, 1.82) is 0 Å². The minimum absolute atomic E-state index is 0.148. The molecule has 3 aromatic rings. The number of rotatable bonds is 7. The number of aromatic nitrogens is 4. The van der Waals surface area contributed by atoms with E-state index >= 15 is 0 Å². The van der Waals surface area contributed by atoms with E-state index in [9.17, 15) is 4.79 Å². The predicted molar refractivity (Wildman–Crippen MR) is 103 cm³/mol. The van der Waals surface area contributed by atoms with Crippen molar-refractivity contribution in [3.8, 4) is 22.8 Å². The molecule has 0 aliphatic carbocycles. The van der Waals surface area contributed by atoms with Crippen LogP contribution in [0.15, 0.2) is 53.9 Å². The number of methoxy groups -OCH3 is 1. The number of hydrogen-bond acceptors (Lipinski definition) is 7. The van der Waals surface area contributed by atoms with Gasteiger partial charge in [-0.25, -0.2) is 0 Å². The molecule has 0 atom stereocenters. The SMILES string of the molecule is COc1ccc(-n2c(SCC(=O)OC(C)C)nnc2-c2ccncc2)cc1. The molecule has 0 fully saturated rings. The summed E-state index contributed by atoms with van der Waals surface area (Å²) in [5.74, 6) is 1.29. The first-order valence-corrected chi connectivity index (χ1v) is 9.39. The number of carbonyl (C=O) groups is 1. The number of hydrogen-bond donors (Lipinski definition) is 0. The summed E-state index contributed by atoms with van der Waals surface area (Å²) in [6.07, 6.45) is 3.26. The lowest BCUT2D eigenvalue weighted by Gasteiger charge is -2.11. The Bertz CT molecular complexity index is 895. The third-order valence-electron chi connectivity index (χ3n) is 3.59. The fourth-order valence-electron chi connectivity index (χ4n) is 2.44. The van der Waals surface area contributed by atoms with Crippen LogP contribution in [0.25, 0.3) is 17.1 Å². The van der Waals surface area contributed by atoms with E-state index in [0.717, 1.165) is 17.0 Å². The van der Waals surface area contributed by atoms with Crippen LogP contribution in [-0.4, -0.2) is 44.7 Å². The average Bonchev–Trinajstić information content (AvgIpc) is 3.10. The number of nitrogens with zero attached hydrogens (tertiary/aromatic N) is 4. The molecule has 140 valence electrons. The standard InChI is InChI=1S/C19H20N4O3S/c1-13(2)26-17(24)12-27-19-22-21-18(14-8-10-20-11-9-14)23(19)15-4-6-16(25-3)7-5-15/h4-11,13H,12H2,1-3H3. The molecule has 0 unspecified atom stereocenters. The lowest BCUT2D eigenvalue weighted by atomic mass is 10.2. The Hall–Kier alpha value is -2.87. The highest BCUT2D eigenvalue weighted by Crippen LogP contribution is 2.28. The minimum Gasteiger partial charge on any atom is -0.497 e. The van der Waals surface area contributed by atoms with Crippen LogP contribution in [0.4, 0.5) is 0 Å². The summed E-state index contributed by atoms with van der Waals surface area (Å²) < 4.78 is 12.3. The van der Waals surface area contributed by atoms with Crippen molar-refractivity contribution >= 4 is 17.7 Å². The van der Waals surface area contributed by atoms with E-state index < -0.39 is 0 Å². The number of ether oxygens (including phenoxy) is 2. The van der Waals surface area contributed by atoms with Gasteiger partial charge in [-0.1, -0.05) is 11.8 Å². The molecule has 0 amide bonds. The zero-order chi connectivity index (χ0) is 19.2. The molecule has 1 aromatic carbocycles. The maximum Gasteiger partial charge on any atom is 0.316 e. The van der Waals surface area contributed by atoms with Gasteiger partial charge in [0.15, 0.2) is 11.0 Å². The Labute approximate surface area is 161 Å². The molecule has 8 heteroatoms. The van der Waals surface area contributed by atoms with Crippen LogP contribution in [0.2, 0.25) is 0 Å². The molecule has 2 heterocycles. The Morgan fingerprint density at radius 3 is 2.44 bits per heavy atom. The molecule has 0 saturated carbocycles. The van der Waals surface area contributed by atoms with E-state index in [1.807, 2.05) is 54.8 Å². The summed E-state index contributed by atoms with van der Waals surface area (Å²) in [4.78, 5) is 16.0. The summed E-state index contributed by atoms with van der Waals surface area (Å²) >= 11 is 1.29. The van der Waals surface area contributed by atoms with E-state index in [1.54, 1.807) is 19.5 Å². The summed E-state index contributed by atoms with van der Waals surface area (Å²) in [6, 6.07) is 11.3. The van der Waals surface area contributed by atoms with Crippen molar-refractivity contribution in [2.75, 3.05) is 12.9 Å². The second-order valence-corrected chi connectivity index (χ2v) is 6.85. The van der Waals surface area contributed by atoms with Gasteiger partial charge in [0, 0.05) is 23.6 Å². The molecule has 0 bridgehead atoms.